The van der Waals surface area contributed by atoms with Crippen LogP contribution in [0.5, 0.6) is 0 Å². The molecule has 0 aliphatic heterocycles. The smallest absolute Gasteiger partial charge is 0.178 e. The number of hydrogen-bond acceptors (Lipinski definition) is 3. The Kier molecular flexibility index (Phi) is 3.73. The van der Waals surface area contributed by atoms with Crippen LogP contribution in [0.3, 0.4) is 0 Å². The maximum absolute atomic E-state index is 13.4. The van der Waals surface area contributed by atoms with Crippen LogP contribution < -0.4 is 0 Å². The number of fused-ring (bicyclic) bond motifs is 1. The molecule has 4 rings (SSSR count). The van der Waals surface area contributed by atoms with Crippen molar-refractivity contribution in [3.63, 3.8) is 0 Å². The van der Waals surface area contributed by atoms with Crippen molar-refractivity contribution in [3.8, 4) is 22.8 Å². The van der Waals surface area contributed by atoms with Gasteiger partial charge in [0.2, 0.25) is 0 Å². The van der Waals surface area contributed by atoms with Gasteiger partial charge in [0.15, 0.2) is 5.82 Å². The summed E-state index contributed by atoms with van der Waals surface area (Å²) in [6.45, 7) is 3.88. The molecule has 25 heavy (non-hydrogen) atoms. The van der Waals surface area contributed by atoms with Gasteiger partial charge in [0.1, 0.15) is 11.5 Å². The number of hydrogen-bond donors (Lipinski definition) is 0. The molecule has 4 heteroatoms. The zero-order valence-electron chi connectivity index (χ0n) is 14.0. The molecule has 0 aliphatic carbocycles. The Morgan fingerprint density at radius 3 is 2.52 bits per heavy atom. The summed E-state index contributed by atoms with van der Waals surface area (Å²) in [5.74, 6) is 0.340. The highest BCUT2D eigenvalue weighted by Gasteiger charge is 2.11. The SMILES string of the molecule is Cc1cc(F)ccc1-c1nc(-c2ncc3ccccc3n2)ccc1C. The second-order valence-corrected chi connectivity index (χ2v) is 6.07. The Balaban J connectivity index is 1.86. The van der Waals surface area contributed by atoms with Crippen molar-refractivity contribution < 1.29 is 4.39 Å². The van der Waals surface area contributed by atoms with Gasteiger partial charge >= 0.3 is 0 Å². The first kappa shape index (κ1) is 15.4. The van der Waals surface area contributed by atoms with Crippen molar-refractivity contribution in [2.75, 3.05) is 0 Å². The van der Waals surface area contributed by atoms with Crippen LogP contribution in [0.1, 0.15) is 11.1 Å². The van der Waals surface area contributed by atoms with E-state index in [0.717, 1.165) is 33.3 Å². The molecule has 0 atom stereocenters. The monoisotopic (exact) mass is 329 g/mol. The van der Waals surface area contributed by atoms with Crippen molar-refractivity contribution >= 4 is 10.9 Å². The third-order valence-electron chi connectivity index (χ3n) is 4.26. The Bertz CT molecular complexity index is 1090. The number of aromatic nitrogens is 3. The Labute approximate surface area is 145 Å². The van der Waals surface area contributed by atoms with E-state index >= 15 is 0 Å². The van der Waals surface area contributed by atoms with Crippen molar-refractivity contribution in [2.45, 2.75) is 13.8 Å². The quantitative estimate of drug-likeness (QED) is 0.512. The minimum atomic E-state index is -0.243. The number of para-hydroxylation sites is 1. The molecule has 122 valence electrons. The zero-order valence-corrected chi connectivity index (χ0v) is 14.0. The van der Waals surface area contributed by atoms with Crippen molar-refractivity contribution in [2.24, 2.45) is 0 Å². The maximum Gasteiger partial charge on any atom is 0.178 e. The fourth-order valence-corrected chi connectivity index (χ4v) is 2.91. The van der Waals surface area contributed by atoms with Gasteiger partial charge in [0.25, 0.3) is 0 Å². The van der Waals surface area contributed by atoms with Gasteiger partial charge in [-0.1, -0.05) is 24.3 Å². The van der Waals surface area contributed by atoms with E-state index in [0.29, 0.717) is 11.5 Å². The normalized spacial score (nSPS) is 11.0. The first-order chi connectivity index (χ1) is 12.1. The lowest BCUT2D eigenvalue weighted by atomic mass is 10.0. The van der Waals surface area contributed by atoms with E-state index in [9.17, 15) is 4.39 Å². The minimum Gasteiger partial charge on any atom is -0.244 e. The molecule has 0 radical (unpaired) electrons. The van der Waals surface area contributed by atoms with Gasteiger partial charge in [0.05, 0.1) is 11.2 Å². The Hall–Kier alpha value is -3.14. The summed E-state index contributed by atoms with van der Waals surface area (Å²) < 4.78 is 13.4. The number of aryl methyl sites for hydroxylation is 2. The lowest BCUT2D eigenvalue weighted by Crippen LogP contribution is -1.97. The molecule has 3 nitrogen and oxygen atoms in total. The third kappa shape index (κ3) is 2.87. The molecule has 2 heterocycles. The molecule has 0 unspecified atom stereocenters. The van der Waals surface area contributed by atoms with Crippen LogP contribution in [0, 0.1) is 19.7 Å². The third-order valence-corrected chi connectivity index (χ3v) is 4.26. The molecule has 2 aromatic heterocycles. The zero-order chi connectivity index (χ0) is 17.4. The predicted octanol–water partition coefficient (Wildman–Crippen LogP) is 5.11. The highest BCUT2D eigenvalue weighted by molar-refractivity contribution is 5.79. The van der Waals surface area contributed by atoms with Crippen LogP contribution >= 0.6 is 0 Å². The predicted molar refractivity (Wildman–Crippen MR) is 97.6 cm³/mol. The number of pyridine rings is 1. The molecule has 0 amide bonds. The second-order valence-electron chi connectivity index (χ2n) is 6.07. The lowest BCUT2D eigenvalue weighted by molar-refractivity contribution is 0.627. The summed E-state index contributed by atoms with van der Waals surface area (Å²) in [5, 5.41) is 0.993. The van der Waals surface area contributed by atoms with Crippen LogP contribution in [0.15, 0.2) is 60.8 Å². The van der Waals surface area contributed by atoms with Crippen LogP contribution in [0.2, 0.25) is 0 Å². The molecule has 0 bridgehead atoms. The van der Waals surface area contributed by atoms with Crippen LogP contribution in [-0.4, -0.2) is 15.0 Å². The first-order valence-corrected chi connectivity index (χ1v) is 8.08. The van der Waals surface area contributed by atoms with Crippen LogP contribution in [-0.2, 0) is 0 Å². The average Bonchev–Trinajstić information content (AvgIpc) is 2.62. The highest BCUT2D eigenvalue weighted by Crippen LogP contribution is 2.28. The van der Waals surface area contributed by atoms with E-state index in [1.54, 1.807) is 6.07 Å². The lowest BCUT2D eigenvalue weighted by Gasteiger charge is -2.10. The van der Waals surface area contributed by atoms with E-state index in [-0.39, 0.29) is 5.82 Å². The number of nitrogens with zero attached hydrogens (tertiary/aromatic N) is 3. The largest absolute Gasteiger partial charge is 0.244 e. The summed E-state index contributed by atoms with van der Waals surface area (Å²) in [5.41, 5.74) is 5.21. The molecule has 0 spiro atoms. The molecule has 0 saturated carbocycles. The van der Waals surface area contributed by atoms with Crippen molar-refractivity contribution in [3.05, 3.63) is 77.7 Å². The highest BCUT2D eigenvalue weighted by atomic mass is 19.1. The fourth-order valence-electron chi connectivity index (χ4n) is 2.91. The van der Waals surface area contributed by atoms with Crippen LogP contribution in [0.4, 0.5) is 4.39 Å². The first-order valence-electron chi connectivity index (χ1n) is 8.08. The number of halogens is 1. The summed E-state index contributed by atoms with van der Waals surface area (Å²) in [4.78, 5) is 13.8. The van der Waals surface area contributed by atoms with E-state index in [4.69, 9.17) is 4.98 Å². The number of rotatable bonds is 2. The minimum absolute atomic E-state index is 0.243. The van der Waals surface area contributed by atoms with Gasteiger partial charge < -0.3 is 0 Å². The van der Waals surface area contributed by atoms with Gasteiger partial charge in [-0.05, 0) is 55.3 Å². The summed E-state index contributed by atoms with van der Waals surface area (Å²) in [6, 6.07) is 16.5. The fraction of sp³-hybridized carbons (Fsp3) is 0.0952. The van der Waals surface area contributed by atoms with Crippen molar-refractivity contribution in [1.82, 2.24) is 15.0 Å². The summed E-state index contributed by atoms with van der Waals surface area (Å²) in [7, 11) is 0. The van der Waals surface area contributed by atoms with Gasteiger partial charge in [-0.25, -0.2) is 19.3 Å². The van der Waals surface area contributed by atoms with E-state index < -0.39 is 0 Å². The van der Waals surface area contributed by atoms with Gasteiger partial charge in [-0.15, -0.1) is 0 Å². The molecule has 2 aromatic carbocycles. The van der Waals surface area contributed by atoms with Crippen LogP contribution in [0.25, 0.3) is 33.7 Å². The summed E-state index contributed by atoms with van der Waals surface area (Å²) in [6.07, 6.45) is 1.81. The standard InChI is InChI=1S/C21H16FN3/c1-13-7-10-19(21-23-12-15-5-3-4-6-18(15)25-21)24-20(13)17-9-8-16(22)11-14(17)2/h3-12H,1-2H3. The Morgan fingerprint density at radius 2 is 1.68 bits per heavy atom. The van der Waals surface area contributed by atoms with E-state index in [1.165, 1.54) is 12.1 Å². The molecular formula is C21H16FN3. The second kappa shape index (κ2) is 6.06. The Morgan fingerprint density at radius 1 is 0.840 bits per heavy atom. The van der Waals surface area contributed by atoms with Gasteiger partial charge in [-0.2, -0.15) is 0 Å². The molecular weight excluding hydrogens is 313 g/mol. The van der Waals surface area contributed by atoms with Gasteiger partial charge in [0, 0.05) is 17.1 Å². The molecule has 0 saturated heterocycles. The molecule has 0 aliphatic rings. The molecule has 0 fully saturated rings. The molecule has 4 aromatic rings. The van der Waals surface area contributed by atoms with Crippen molar-refractivity contribution in [1.29, 1.82) is 0 Å². The maximum atomic E-state index is 13.4. The average molecular weight is 329 g/mol. The summed E-state index contributed by atoms with van der Waals surface area (Å²) >= 11 is 0. The van der Waals surface area contributed by atoms with E-state index in [2.05, 4.69) is 9.97 Å². The molecule has 0 N–H and O–H groups in total. The topological polar surface area (TPSA) is 38.7 Å². The van der Waals surface area contributed by atoms with E-state index in [1.807, 2.05) is 56.4 Å². The van der Waals surface area contributed by atoms with Gasteiger partial charge in [-0.3, -0.25) is 0 Å². The number of benzene rings is 2.